The van der Waals surface area contributed by atoms with Crippen molar-refractivity contribution in [3.8, 4) is 0 Å². The summed E-state index contributed by atoms with van der Waals surface area (Å²) >= 11 is 0. The van der Waals surface area contributed by atoms with Crippen LogP contribution in [0, 0.1) is 12.7 Å². The van der Waals surface area contributed by atoms with Crippen LogP contribution >= 0.6 is 0 Å². The second-order valence-electron chi connectivity index (χ2n) is 7.52. The second kappa shape index (κ2) is 9.31. The van der Waals surface area contributed by atoms with Crippen molar-refractivity contribution >= 4 is 21.6 Å². The number of halogens is 1. The minimum Gasteiger partial charge on any atom is -0.346 e. The molecule has 162 valence electrons. The summed E-state index contributed by atoms with van der Waals surface area (Å²) in [4.78, 5) is 12.6. The molecule has 3 aromatic carbocycles. The summed E-state index contributed by atoms with van der Waals surface area (Å²) in [6.45, 7) is 3.88. The van der Waals surface area contributed by atoms with Gasteiger partial charge in [0.15, 0.2) is 0 Å². The molecule has 3 rings (SSSR count). The molecular formula is C24H25FN2O3S. The van der Waals surface area contributed by atoms with E-state index in [2.05, 4.69) is 5.32 Å². The van der Waals surface area contributed by atoms with Gasteiger partial charge in [0, 0.05) is 5.56 Å². The Kier molecular flexibility index (Phi) is 6.75. The van der Waals surface area contributed by atoms with E-state index in [0.29, 0.717) is 11.1 Å². The van der Waals surface area contributed by atoms with Crippen LogP contribution in [0.25, 0.3) is 0 Å². The lowest BCUT2D eigenvalue weighted by molar-refractivity contribution is 0.0940. The number of rotatable bonds is 7. The van der Waals surface area contributed by atoms with Crippen LogP contribution in [0.15, 0.2) is 72.8 Å². The van der Waals surface area contributed by atoms with Gasteiger partial charge in [-0.1, -0.05) is 54.1 Å². The highest BCUT2D eigenvalue weighted by molar-refractivity contribution is 7.92. The third-order valence-corrected chi connectivity index (χ3v) is 6.12. The predicted molar refractivity (Wildman–Crippen MR) is 121 cm³/mol. The molecule has 0 spiro atoms. The minimum atomic E-state index is -3.70. The maximum absolute atomic E-state index is 14.2. The first-order chi connectivity index (χ1) is 14.6. The first kappa shape index (κ1) is 22.5. The number of para-hydroxylation sites is 1. The zero-order chi connectivity index (χ0) is 22.6. The number of carbonyl (C=O) groups is 1. The standard InChI is InChI=1S/C24H25FN2O3S/c1-17-8-12-20(13-9-17)18(2)26-24(28)21-14-10-19(11-15-21)16-27(31(3,29)30)23-7-5-4-6-22(23)25/h4-15,18H,16H2,1-3H3,(H,26,28)/t18-/m1/s1. The predicted octanol–water partition coefficient (Wildman–Crippen LogP) is 4.59. The number of anilines is 1. The largest absolute Gasteiger partial charge is 0.346 e. The van der Waals surface area contributed by atoms with Crippen molar-refractivity contribution in [2.45, 2.75) is 26.4 Å². The van der Waals surface area contributed by atoms with Crippen LogP contribution in [0.3, 0.4) is 0 Å². The number of hydrogen-bond acceptors (Lipinski definition) is 3. The van der Waals surface area contributed by atoms with Gasteiger partial charge in [-0.2, -0.15) is 0 Å². The molecule has 0 aliphatic heterocycles. The number of amides is 1. The summed E-state index contributed by atoms with van der Waals surface area (Å²) < 4.78 is 39.6. The molecule has 31 heavy (non-hydrogen) atoms. The highest BCUT2D eigenvalue weighted by Crippen LogP contribution is 2.24. The van der Waals surface area contributed by atoms with Crippen molar-refractivity contribution in [3.05, 3.63) is 101 Å². The van der Waals surface area contributed by atoms with E-state index in [9.17, 15) is 17.6 Å². The SMILES string of the molecule is Cc1ccc([C@@H](C)NC(=O)c2ccc(CN(c3ccccc3F)S(C)(=O)=O)cc2)cc1. The monoisotopic (exact) mass is 440 g/mol. The van der Waals surface area contributed by atoms with Crippen LogP contribution in [0.1, 0.15) is 40.0 Å². The molecule has 0 radical (unpaired) electrons. The zero-order valence-corrected chi connectivity index (χ0v) is 18.5. The van der Waals surface area contributed by atoms with E-state index < -0.39 is 15.8 Å². The van der Waals surface area contributed by atoms with Gasteiger partial charge in [0.05, 0.1) is 24.5 Å². The van der Waals surface area contributed by atoms with Crippen LogP contribution in [0.5, 0.6) is 0 Å². The normalized spacial score (nSPS) is 12.3. The van der Waals surface area contributed by atoms with Crippen molar-refractivity contribution in [2.75, 3.05) is 10.6 Å². The van der Waals surface area contributed by atoms with E-state index in [-0.39, 0.29) is 24.2 Å². The fourth-order valence-electron chi connectivity index (χ4n) is 3.18. The highest BCUT2D eigenvalue weighted by atomic mass is 32.2. The van der Waals surface area contributed by atoms with E-state index in [1.54, 1.807) is 30.3 Å². The number of nitrogens with one attached hydrogen (secondary N) is 1. The zero-order valence-electron chi connectivity index (χ0n) is 17.7. The average Bonchev–Trinajstić information content (AvgIpc) is 2.72. The molecule has 0 aromatic heterocycles. The second-order valence-corrected chi connectivity index (χ2v) is 9.43. The average molecular weight is 441 g/mol. The van der Waals surface area contributed by atoms with Gasteiger partial charge < -0.3 is 5.32 Å². The van der Waals surface area contributed by atoms with Gasteiger partial charge in [-0.3, -0.25) is 9.10 Å². The van der Waals surface area contributed by atoms with E-state index in [1.807, 2.05) is 38.1 Å². The lowest BCUT2D eigenvalue weighted by Crippen LogP contribution is -2.30. The Morgan fingerprint density at radius 1 is 1.00 bits per heavy atom. The Hall–Kier alpha value is -3.19. The maximum atomic E-state index is 14.2. The summed E-state index contributed by atoms with van der Waals surface area (Å²) in [5, 5.41) is 2.95. The highest BCUT2D eigenvalue weighted by Gasteiger charge is 2.21. The molecule has 5 nitrogen and oxygen atoms in total. The summed E-state index contributed by atoms with van der Waals surface area (Å²) in [6, 6.07) is 20.1. The Bertz CT molecular complexity index is 1160. The van der Waals surface area contributed by atoms with E-state index in [0.717, 1.165) is 21.7 Å². The molecule has 1 amide bonds. The molecule has 0 unspecified atom stereocenters. The van der Waals surface area contributed by atoms with Crippen molar-refractivity contribution in [3.63, 3.8) is 0 Å². The molecule has 0 fully saturated rings. The van der Waals surface area contributed by atoms with E-state index in [1.165, 1.54) is 18.2 Å². The topological polar surface area (TPSA) is 66.5 Å². The molecule has 0 saturated carbocycles. The van der Waals surface area contributed by atoms with Gasteiger partial charge in [-0.25, -0.2) is 12.8 Å². The molecule has 0 heterocycles. The lowest BCUT2D eigenvalue weighted by Gasteiger charge is -2.23. The van der Waals surface area contributed by atoms with Crippen molar-refractivity contribution in [2.24, 2.45) is 0 Å². The third kappa shape index (κ3) is 5.70. The summed E-state index contributed by atoms with van der Waals surface area (Å²) in [7, 11) is -3.70. The van der Waals surface area contributed by atoms with Crippen molar-refractivity contribution in [1.82, 2.24) is 5.32 Å². The Morgan fingerprint density at radius 3 is 2.19 bits per heavy atom. The number of carbonyl (C=O) groups excluding carboxylic acids is 1. The minimum absolute atomic E-state index is 0.0151. The van der Waals surface area contributed by atoms with Gasteiger partial charge in [0.2, 0.25) is 10.0 Å². The first-order valence-electron chi connectivity index (χ1n) is 9.84. The fourth-order valence-corrected chi connectivity index (χ4v) is 4.07. The Labute approximate surface area is 182 Å². The molecule has 1 N–H and O–H groups in total. The summed E-state index contributed by atoms with van der Waals surface area (Å²) in [6.07, 6.45) is 1.04. The van der Waals surface area contributed by atoms with E-state index in [4.69, 9.17) is 0 Å². The third-order valence-electron chi connectivity index (χ3n) is 4.99. The summed E-state index contributed by atoms with van der Waals surface area (Å²) in [5.41, 5.74) is 3.23. The van der Waals surface area contributed by atoms with Crippen LogP contribution in [-0.4, -0.2) is 20.6 Å². The first-order valence-corrected chi connectivity index (χ1v) is 11.7. The van der Waals surface area contributed by atoms with Gasteiger partial charge in [0.25, 0.3) is 5.91 Å². The maximum Gasteiger partial charge on any atom is 0.251 e. The number of sulfonamides is 1. The molecular weight excluding hydrogens is 415 g/mol. The number of aryl methyl sites for hydroxylation is 1. The molecule has 7 heteroatoms. The molecule has 0 aliphatic carbocycles. The Balaban J connectivity index is 1.73. The number of benzene rings is 3. The van der Waals surface area contributed by atoms with Crippen LogP contribution in [-0.2, 0) is 16.6 Å². The van der Waals surface area contributed by atoms with Gasteiger partial charge in [-0.05, 0) is 49.2 Å². The van der Waals surface area contributed by atoms with Crippen LogP contribution in [0.2, 0.25) is 0 Å². The number of hydrogen-bond donors (Lipinski definition) is 1. The Morgan fingerprint density at radius 2 is 1.61 bits per heavy atom. The van der Waals surface area contributed by atoms with Crippen LogP contribution in [0.4, 0.5) is 10.1 Å². The molecule has 0 bridgehead atoms. The van der Waals surface area contributed by atoms with Crippen LogP contribution < -0.4 is 9.62 Å². The molecule has 3 aromatic rings. The quantitative estimate of drug-likeness (QED) is 0.584. The van der Waals surface area contributed by atoms with Gasteiger partial charge in [-0.15, -0.1) is 0 Å². The number of nitrogens with zero attached hydrogens (tertiary/aromatic N) is 1. The van der Waals surface area contributed by atoms with Gasteiger partial charge >= 0.3 is 0 Å². The molecule has 0 saturated heterocycles. The van der Waals surface area contributed by atoms with E-state index >= 15 is 0 Å². The fraction of sp³-hybridized carbons (Fsp3) is 0.208. The molecule has 1 atom stereocenters. The van der Waals surface area contributed by atoms with Crippen molar-refractivity contribution in [1.29, 1.82) is 0 Å². The van der Waals surface area contributed by atoms with Crippen molar-refractivity contribution < 1.29 is 17.6 Å². The molecule has 0 aliphatic rings. The smallest absolute Gasteiger partial charge is 0.251 e. The van der Waals surface area contributed by atoms with Gasteiger partial charge in [0.1, 0.15) is 5.82 Å². The summed E-state index contributed by atoms with van der Waals surface area (Å²) in [5.74, 6) is -0.845. The lowest BCUT2D eigenvalue weighted by atomic mass is 10.1.